The number of hydrogen-bond donors (Lipinski definition) is 0. The maximum absolute atomic E-state index is 5.32. The van der Waals surface area contributed by atoms with Gasteiger partial charge in [0.15, 0.2) is 0 Å². The van der Waals surface area contributed by atoms with E-state index in [9.17, 15) is 0 Å². The Labute approximate surface area is 106 Å². The van der Waals surface area contributed by atoms with Crippen LogP contribution in [-0.4, -0.2) is 0 Å². The maximum Gasteiger partial charge on any atom is 0.126 e. The second kappa shape index (κ2) is 6.35. The van der Waals surface area contributed by atoms with E-state index in [0.717, 1.165) is 17.1 Å². The van der Waals surface area contributed by atoms with Crippen molar-refractivity contribution >= 4 is 11.4 Å². The van der Waals surface area contributed by atoms with Crippen LogP contribution in [0.25, 0.3) is 0 Å². The number of hydrogen-bond acceptors (Lipinski definition) is 3. The Morgan fingerprint density at radius 2 is 1.44 bits per heavy atom. The summed E-state index contributed by atoms with van der Waals surface area (Å²) in [5, 5.41) is 8.29. The number of ether oxygens (including phenoxy) is 1. The molecular formula is C15H14N2O. The van der Waals surface area contributed by atoms with Crippen LogP contribution in [0.15, 0.2) is 77.2 Å². The largest absolute Gasteiger partial charge is 0.465 e. The minimum atomic E-state index is 0.784. The average molecular weight is 238 g/mol. The lowest BCUT2D eigenvalue weighted by molar-refractivity contribution is 0.480. The van der Waals surface area contributed by atoms with Crippen molar-refractivity contribution in [3.8, 4) is 5.75 Å². The third-order valence-corrected chi connectivity index (χ3v) is 2.21. The van der Waals surface area contributed by atoms with Crippen molar-refractivity contribution < 1.29 is 4.74 Å². The molecule has 2 aromatic carbocycles. The molecule has 0 aromatic heterocycles. The van der Waals surface area contributed by atoms with Crippen LogP contribution in [0.1, 0.15) is 6.92 Å². The first-order valence-electron chi connectivity index (χ1n) is 5.73. The van der Waals surface area contributed by atoms with Crippen molar-refractivity contribution in [2.24, 2.45) is 10.2 Å². The molecule has 0 spiro atoms. The van der Waals surface area contributed by atoms with E-state index >= 15 is 0 Å². The van der Waals surface area contributed by atoms with E-state index in [1.807, 2.05) is 67.6 Å². The molecule has 0 N–H and O–H groups in total. The molecule has 0 saturated heterocycles. The smallest absolute Gasteiger partial charge is 0.126 e. The van der Waals surface area contributed by atoms with Gasteiger partial charge in [0.1, 0.15) is 5.75 Å². The van der Waals surface area contributed by atoms with Gasteiger partial charge in [-0.2, -0.15) is 10.2 Å². The van der Waals surface area contributed by atoms with Gasteiger partial charge in [0.05, 0.1) is 17.6 Å². The summed E-state index contributed by atoms with van der Waals surface area (Å²) in [6.07, 6.45) is 3.48. The summed E-state index contributed by atoms with van der Waals surface area (Å²) in [5.41, 5.74) is 1.64. The molecule has 0 radical (unpaired) electrons. The lowest BCUT2D eigenvalue weighted by Crippen LogP contribution is -1.79. The first-order valence-corrected chi connectivity index (χ1v) is 5.73. The summed E-state index contributed by atoms with van der Waals surface area (Å²) < 4.78 is 5.32. The number of nitrogens with zero attached hydrogens (tertiary/aromatic N) is 2. The molecule has 0 heterocycles. The van der Waals surface area contributed by atoms with E-state index in [2.05, 4.69) is 10.2 Å². The van der Waals surface area contributed by atoms with Crippen molar-refractivity contribution in [3.05, 3.63) is 66.9 Å². The lowest BCUT2D eigenvalue weighted by atomic mass is 10.3. The van der Waals surface area contributed by atoms with Crippen LogP contribution in [0.5, 0.6) is 5.75 Å². The molecule has 0 fully saturated rings. The molecule has 18 heavy (non-hydrogen) atoms. The van der Waals surface area contributed by atoms with Gasteiger partial charge in [-0.25, -0.2) is 0 Å². The highest BCUT2D eigenvalue weighted by molar-refractivity contribution is 5.42. The third-order valence-electron chi connectivity index (χ3n) is 2.21. The van der Waals surface area contributed by atoms with Gasteiger partial charge in [0.25, 0.3) is 0 Å². The zero-order valence-corrected chi connectivity index (χ0v) is 10.2. The Balaban J connectivity index is 2.04. The Bertz CT molecular complexity index is 530. The van der Waals surface area contributed by atoms with Crippen molar-refractivity contribution in [1.29, 1.82) is 0 Å². The minimum absolute atomic E-state index is 0.784. The highest BCUT2D eigenvalue weighted by atomic mass is 16.5. The van der Waals surface area contributed by atoms with Crippen molar-refractivity contribution in [3.63, 3.8) is 0 Å². The number of benzene rings is 2. The van der Waals surface area contributed by atoms with Crippen LogP contribution in [0.3, 0.4) is 0 Å². The van der Waals surface area contributed by atoms with Gasteiger partial charge >= 0.3 is 0 Å². The molecule has 3 nitrogen and oxygen atoms in total. The quantitative estimate of drug-likeness (QED) is 0.544. The molecule has 90 valence electrons. The molecule has 2 rings (SSSR count). The van der Waals surface area contributed by atoms with E-state index in [4.69, 9.17) is 4.74 Å². The number of rotatable bonds is 4. The van der Waals surface area contributed by atoms with Gasteiger partial charge in [0.2, 0.25) is 0 Å². The molecule has 0 aliphatic carbocycles. The number of allylic oxidation sites excluding steroid dienone is 1. The summed E-state index contributed by atoms with van der Waals surface area (Å²) in [7, 11) is 0. The standard InChI is InChI=1S/C15H14N2O/c1-2-12-18-15-10-8-14(9-11-15)17-16-13-6-4-3-5-7-13/h2-12H,1H3. The van der Waals surface area contributed by atoms with Crippen LogP contribution < -0.4 is 4.74 Å². The molecule has 0 bridgehead atoms. The van der Waals surface area contributed by atoms with Crippen LogP contribution in [0.4, 0.5) is 11.4 Å². The predicted octanol–water partition coefficient (Wildman–Crippen LogP) is 5.01. The van der Waals surface area contributed by atoms with Crippen molar-refractivity contribution in [2.45, 2.75) is 6.92 Å². The SMILES string of the molecule is CC=COc1ccc(N=Nc2ccccc2)cc1. The van der Waals surface area contributed by atoms with E-state index in [0.29, 0.717) is 0 Å². The summed E-state index contributed by atoms with van der Waals surface area (Å²) in [6.45, 7) is 1.91. The summed E-state index contributed by atoms with van der Waals surface area (Å²) >= 11 is 0. The highest BCUT2D eigenvalue weighted by Crippen LogP contribution is 2.21. The summed E-state index contributed by atoms with van der Waals surface area (Å²) in [6, 6.07) is 17.1. The Hall–Kier alpha value is -2.42. The molecular weight excluding hydrogens is 224 g/mol. The Morgan fingerprint density at radius 1 is 0.833 bits per heavy atom. The third kappa shape index (κ3) is 3.56. The van der Waals surface area contributed by atoms with Crippen molar-refractivity contribution in [1.82, 2.24) is 0 Å². The van der Waals surface area contributed by atoms with Gasteiger partial charge in [-0.05, 0) is 43.3 Å². The second-order valence-electron chi connectivity index (χ2n) is 3.62. The first-order chi connectivity index (χ1) is 8.88. The van der Waals surface area contributed by atoms with E-state index in [1.54, 1.807) is 6.26 Å². The predicted molar refractivity (Wildman–Crippen MR) is 72.5 cm³/mol. The molecule has 0 aliphatic heterocycles. The summed E-state index contributed by atoms with van der Waals surface area (Å²) in [4.78, 5) is 0. The molecule has 0 amide bonds. The minimum Gasteiger partial charge on any atom is -0.465 e. The molecule has 3 heteroatoms. The zero-order valence-electron chi connectivity index (χ0n) is 10.2. The fourth-order valence-corrected chi connectivity index (χ4v) is 1.35. The van der Waals surface area contributed by atoms with E-state index in [-0.39, 0.29) is 0 Å². The number of azo groups is 1. The van der Waals surface area contributed by atoms with Gasteiger partial charge < -0.3 is 4.74 Å². The molecule has 0 saturated carbocycles. The topological polar surface area (TPSA) is 34.0 Å². The maximum atomic E-state index is 5.32. The van der Waals surface area contributed by atoms with Gasteiger partial charge in [-0.15, -0.1) is 0 Å². The molecule has 0 aliphatic rings. The fourth-order valence-electron chi connectivity index (χ4n) is 1.35. The lowest BCUT2D eigenvalue weighted by Gasteiger charge is -1.99. The normalized spacial score (nSPS) is 11.2. The Kier molecular flexibility index (Phi) is 4.25. The highest BCUT2D eigenvalue weighted by Gasteiger charge is 1.92. The zero-order chi connectivity index (χ0) is 12.6. The molecule has 0 atom stereocenters. The monoisotopic (exact) mass is 238 g/mol. The van der Waals surface area contributed by atoms with Crippen LogP contribution in [0.2, 0.25) is 0 Å². The van der Waals surface area contributed by atoms with Crippen LogP contribution in [-0.2, 0) is 0 Å². The van der Waals surface area contributed by atoms with Crippen LogP contribution in [0, 0.1) is 0 Å². The molecule has 2 aromatic rings. The van der Waals surface area contributed by atoms with Crippen LogP contribution >= 0.6 is 0 Å². The van der Waals surface area contributed by atoms with Gasteiger partial charge in [0, 0.05) is 0 Å². The first kappa shape index (κ1) is 12.0. The summed E-state index contributed by atoms with van der Waals surface area (Å²) in [5.74, 6) is 0.784. The Morgan fingerprint density at radius 3 is 2.06 bits per heavy atom. The van der Waals surface area contributed by atoms with E-state index < -0.39 is 0 Å². The van der Waals surface area contributed by atoms with E-state index in [1.165, 1.54) is 0 Å². The second-order valence-corrected chi connectivity index (χ2v) is 3.62. The fraction of sp³-hybridized carbons (Fsp3) is 0.0667. The molecule has 0 unspecified atom stereocenters. The van der Waals surface area contributed by atoms with Gasteiger partial charge in [-0.1, -0.05) is 24.3 Å². The average Bonchev–Trinajstić information content (AvgIpc) is 2.45. The van der Waals surface area contributed by atoms with Crippen molar-refractivity contribution in [2.75, 3.05) is 0 Å². The van der Waals surface area contributed by atoms with Gasteiger partial charge in [-0.3, -0.25) is 0 Å².